The summed E-state index contributed by atoms with van der Waals surface area (Å²) in [7, 11) is 0. The zero-order valence-corrected chi connectivity index (χ0v) is 12.0. The molecule has 0 saturated carbocycles. The molecule has 2 rings (SSSR count). The lowest BCUT2D eigenvalue weighted by Gasteiger charge is -2.14. The lowest BCUT2D eigenvalue weighted by atomic mass is 9.95. The molecule has 1 aromatic rings. The molecule has 3 heteroatoms. The highest BCUT2D eigenvalue weighted by molar-refractivity contribution is 5.34. The lowest BCUT2D eigenvalue weighted by Crippen LogP contribution is -2.11. The zero-order valence-electron chi connectivity index (χ0n) is 12.0. The molecule has 1 aliphatic heterocycles. The number of hydrogen-bond donors (Lipinski definition) is 0. The summed E-state index contributed by atoms with van der Waals surface area (Å²) in [5.74, 6) is 1.01. The van der Waals surface area contributed by atoms with Crippen LogP contribution in [0.15, 0.2) is 18.2 Å². The average molecular weight is 266 g/mol. The normalized spacial score (nSPS) is 23.2. The molecule has 3 unspecified atom stereocenters. The Kier molecular flexibility index (Phi) is 4.81. The molecule has 0 spiro atoms. The molecule has 0 radical (unpaired) electrons. The van der Waals surface area contributed by atoms with Crippen LogP contribution in [0.2, 0.25) is 0 Å². The summed E-state index contributed by atoms with van der Waals surface area (Å²) in [5.41, 5.74) is 0.950. The van der Waals surface area contributed by atoms with Crippen molar-refractivity contribution >= 4 is 0 Å². The van der Waals surface area contributed by atoms with E-state index in [4.69, 9.17) is 9.47 Å². The van der Waals surface area contributed by atoms with Crippen molar-refractivity contribution < 1.29 is 13.9 Å². The van der Waals surface area contributed by atoms with E-state index in [-0.39, 0.29) is 5.82 Å². The minimum absolute atomic E-state index is 0.199. The van der Waals surface area contributed by atoms with E-state index >= 15 is 0 Å². The third kappa shape index (κ3) is 3.69. The van der Waals surface area contributed by atoms with Gasteiger partial charge in [0, 0.05) is 0 Å². The molecule has 0 aromatic heterocycles. The van der Waals surface area contributed by atoms with Gasteiger partial charge in [-0.2, -0.15) is 0 Å². The van der Waals surface area contributed by atoms with E-state index < -0.39 is 0 Å². The van der Waals surface area contributed by atoms with Crippen molar-refractivity contribution in [1.29, 1.82) is 0 Å². The molecule has 1 aliphatic rings. The first-order chi connectivity index (χ1) is 9.15. The van der Waals surface area contributed by atoms with Crippen LogP contribution in [-0.2, 0) is 11.2 Å². The molecular formula is C16H23FO2. The molecule has 1 aromatic carbocycles. The first-order valence-corrected chi connectivity index (χ1v) is 7.22. The monoisotopic (exact) mass is 266 g/mol. The van der Waals surface area contributed by atoms with Crippen molar-refractivity contribution in [3.8, 4) is 5.75 Å². The molecule has 1 saturated heterocycles. The Bertz CT molecular complexity index is 419. The standard InChI is InChI=1S/C16H23FO2/c1-4-8-18-15-7-6-13(17)10-12(15)9-11(3)16-14(5-2)19-16/h6-7,10-11,14,16H,4-5,8-9H2,1-3H3. The van der Waals surface area contributed by atoms with Crippen molar-refractivity contribution in [2.45, 2.75) is 52.2 Å². The van der Waals surface area contributed by atoms with Gasteiger partial charge in [-0.15, -0.1) is 0 Å². The number of ether oxygens (including phenoxy) is 2. The number of hydrogen-bond acceptors (Lipinski definition) is 2. The first kappa shape index (κ1) is 14.3. The van der Waals surface area contributed by atoms with Gasteiger partial charge in [0.2, 0.25) is 0 Å². The molecule has 3 atom stereocenters. The molecule has 0 N–H and O–H groups in total. The van der Waals surface area contributed by atoms with Crippen LogP contribution in [-0.4, -0.2) is 18.8 Å². The van der Waals surface area contributed by atoms with E-state index in [9.17, 15) is 4.39 Å². The Balaban J connectivity index is 2.03. The van der Waals surface area contributed by atoms with Gasteiger partial charge in [0.05, 0.1) is 18.8 Å². The van der Waals surface area contributed by atoms with Gasteiger partial charge in [-0.1, -0.05) is 20.8 Å². The molecule has 0 aliphatic carbocycles. The Morgan fingerprint density at radius 2 is 2.16 bits per heavy atom. The van der Waals surface area contributed by atoms with Crippen LogP contribution >= 0.6 is 0 Å². The van der Waals surface area contributed by atoms with Gasteiger partial charge in [-0.25, -0.2) is 4.39 Å². The lowest BCUT2D eigenvalue weighted by molar-refractivity contribution is 0.303. The number of rotatable bonds is 7. The van der Waals surface area contributed by atoms with Crippen LogP contribution in [0.3, 0.4) is 0 Å². The summed E-state index contributed by atoms with van der Waals surface area (Å²) in [6, 6.07) is 4.78. The predicted octanol–water partition coefficient (Wildman–Crippen LogP) is 3.97. The largest absolute Gasteiger partial charge is 0.493 e. The summed E-state index contributed by atoms with van der Waals surface area (Å²) in [5, 5.41) is 0. The molecule has 0 bridgehead atoms. The van der Waals surface area contributed by atoms with Gasteiger partial charge in [0.15, 0.2) is 0 Å². The smallest absolute Gasteiger partial charge is 0.123 e. The average Bonchev–Trinajstić information content (AvgIpc) is 3.17. The van der Waals surface area contributed by atoms with E-state index in [2.05, 4.69) is 20.8 Å². The predicted molar refractivity (Wildman–Crippen MR) is 74.0 cm³/mol. The fourth-order valence-corrected chi connectivity index (χ4v) is 2.51. The first-order valence-electron chi connectivity index (χ1n) is 7.22. The minimum Gasteiger partial charge on any atom is -0.493 e. The second-order valence-corrected chi connectivity index (χ2v) is 5.33. The molecular weight excluding hydrogens is 243 g/mol. The maximum Gasteiger partial charge on any atom is 0.123 e. The highest BCUT2D eigenvalue weighted by atomic mass is 19.1. The SMILES string of the molecule is CCCOc1ccc(F)cc1CC(C)C1OC1CC. The van der Waals surface area contributed by atoms with E-state index in [1.165, 1.54) is 6.07 Å². The minimum atomic E-state index is -0.199. The fourth-order valence-electron chi connectivity index (χ4n) is 2.51. The van der Waals surface area contributed by atoms with Gasteiger partial charge < -0.3 is 9.47 Å². The Labute approximate surface area is 114 Å². The van der Waals surface area contributed by atoms with Crippen LogP contribution in [0.4, 0.5) is 4.39 Å². The van der Waals surface area contributed by atoms with Crippen molar-refractivity contribution in [1.82, 2.24) is 0 Å². The number of benzene rings is 1. The maximum atomic E-state index is 13.4. The van der Waals surface area contributed by atoms with Crippen LogP contribution in [0.25, 0.3) is 0 Å². The molecule has 2 nitrogen and oxygen atoms in total. The third-order valence-corrected chi connectivity index (χ3v) is 3.61. The summed E-state index contributed by atoms with van der Waals surface area (Å²) in [6.07, 6.45) is 3.53. The van der Waals surface area contributed by atoms with E-state index in [0.717, 1.165) is 30.6 Å². The van der Waals surface area contributed by atoms with Gasteiger partial charge in [0.1, 0.15) is 11.6 Å². The maximum absolute atomic E-state index is 13.4. The van der Waals surface area contributed by atoms with Crippen LogP contribution in [0.5, 0.6) is 5.75 Å². The Morgan fingerprint density at radius 1 is 1.37 bits per heavy atom. The molecule has 106 valence electrons. The summed E-state index contributed by atoms with van der Waals surface area (Å²) >= 11 is 0. The van der Waals surface area contributed by atoms with E-state index in [1.807, 2.05) is 0 Å². The van der Waals surface area contributed by atoms with Crippen molar-refractivity contribution in [2.24, 2.45) is 5.92 Å². The van der Waals surface area contributed by atoms with Gasteiger partial charge in [0.25, 0.3) is 0 Å². The molecule has 19 heavy (non-hydrogen) atoms. The Morgan fingerprint density at radius 3 is 2.79 bits per heavy atom. The van der Waals surface area contributed by atoms with Crippen molar-refractivity contribution in [3.63, 3.8) is 0 Å². The second kappa shape index (κ2) is 6.38. The summed E-state index contributed by atoms with van der Waals surface area (Å²) < 4.78 is 24.7. The summed E-state index contributed by atoms with van der Waals surface area (Å²) in [6.45, 7) is 7.03. The van der Waals surface area contributed by atoms with E-state index in [1.54, 1.807) is 12.1 Å². The number of epoxide rings is 1. The summed E-state index contributed by atoms with van der Waals surface area (Å²) in [4.78, 5) is 0. The number of halogens is 1. The fraction of sp³-hybridized carbons (Fsp3) is 0.625. The Hall–Kier alpha value is -1.09. The molecule has 0 amide bonds. The van der Waals surface area contributed by atoms with Crippen LogP contribution in [0.1, 0.15) is 39.2 Å². The quantitative estimate of drug-likeness (QED) is 0.696. The third-order valence-electron chi connectivity index (χ3n) is 3.61. The van der Waals surface area contributed by atoms with Crippen molar-refractivity contribution in [2.75, 3.05) is 6.61 Å². The zero-order chi connectivity index (χ0) is 13.8. The highest BCUT2D eigenvalue weighted by Gasteiger charge is 2.41. The van der Waals surface area contributed by atoms with Gasteiger partial charge >= 0.3 is 0 Å². The van der Waals surface area contributed by atoms with E-state index in [0.29, 0.717) is 24.7 Å². The van der Waals surface area contributed by atoms with Gasteiger partial charge in [-0.05, 0) is 48.9 Å². The topological polar surface area (TPSA) is 21.8 Å². The van der Waals surface area contributed by atoms with Gasteiger partial charge in [-0.3, -0.25) is 0 Å². The molecule has 1 fully saturated rings. The second-order valence-electron chi connectivity index (χ2n) is 5.33. The van der Waals surface area contributed by atoms with Crippen molar-refractivity contribution in [3.05, 3.63) is 29.6 Å². The highest BCUT2D eigenvalue weighted by Crippen LogP contribution is 2.35. The molecule has 1 heterocycles. The van der Waals surface area contributed by atoms with Crippen LogP contribution in [0, 0.1) is 11.7 Å². The van der Waals surface area contributed by atoms with Crippen LogP contribution < -0.4 is 4.74 Å².